The molecule has 108 valence electrons. The van der Waals surface area contributed by atoms with Crippen molar-refractivity contribution in [2.75, 3.05) is 0 Å². The zero-order chi connectivity index (χ0) is 15.5. The molecule has 5 heteroatoms. The average Bonchev–Trinajstić information content (AvgIpc) is 2.56. The lowest BCUT2D eigenvalue weighted by Crippen LogP contribution is -2.25. The van der Waals surface area contributed by atoms with Gasteiger partial charge in [0.05, 0.1) is 17.3 Å². The predicted octanol–water partition coefficient (Wildman–Crippen LogP) is 2.98. The summed E-state index contributed by atoms with van der Waals surface area (Å²) in [6.07, 6.45) is 0.860. The van der Waals surface area contributed by atoms with E-state index in [4.69, 9.17) is 5.26 Å². The molecule has 0 saturated heterocycles. The number of hydrogen-bond donors (Lipinski definition) is 1. The van der Waals surface area contributed by atoms with E-state index in [1.165, 1.54) is 6.07 Å². The van der Waals surface area contributed by atoms with Gasteiger partial charge in [0.25, 0.3) is 0 Å². The first-order valence-corrected chi connectivity index (χ1v) is 6.83. The van der Waals surface area contributed by atoms with E-state index < -0.39 is 0 Å². The molecule has 3 rings (SSSR count). The number of nitrogens with one attached hydrogen (secondary N) is 1. The molecule has 1 aliphatic heterocycles. The molecule has 0 spiro atoms. The molecule has 0 bridgehead atoms. The molecule has 0 radical (unpaired) electrons. The summed E-state index contributed by atoms with van der Waals surface area (Å²) in [4.78, 5) is 11.1. The lowest BCUT2D eigenvalue weighted by atomic mass is 9.98. The fraction of sp³-hybridized carbons (Fsp3) is 0.118. The van der Waals surface area contributed by atoms with Gasteiger partial charge < -0.3 is 0 Å². The highest BCUT2D eigenvalue weighted by Crippen LogP contribution is 2.25. The Bertz CT molecular complexity index is 804. The zero-order valence-electron chi connectivity index (χ0n) is 11.6. The molecular formula is C17H12FN3O. The summed E-state index contributed by atoms with van der Waals surface area (Å²) in [6.45, 7) is 0. The molecule has 0 fully saturated rings. The van der Waals surface area contributed by atoms with Gasteiger partial charge in [-0.25, -0.2) is 9.82 Å². The number of hydrazone groups is 1. The van der Waals surface area contributed by atoms with Crippen LogP contribution in [-0.2, 0) is 4.79 Å². The first-order valence-electron chi connectivity index (χ1n) is 6.83. The Morgan fingerprint density at radius 2 is 1.82 bits per heavy atom. The first kappa shape index (κ1) is 14.0. The van der Waals surface area contributed by atoms with E-state index in [-0.39, 0.29) is 11.7 Å². The Morgan fingerprint density at radius 1 is 1.09 bits per heavy atom. The molecule has 22 heavy (non-hydrogen) atoms. The molecule has 2 aromatic carbocycles. The number of nitrogens with zero attached hydrogens (tertiary/aromatic N) is 2. The minimum Gasteiger partial charge on any atom is -0.273 e. The largest absolute Gasteiger partial charge is 0.273 e. The summed E-state index contributed by atoms with van der Waals surface area (Å²) >= 11 is 0. The van der Waals surface area contributed by atoms with Gasteiger partial charge in [0, 0.05) is 24.0 Å². The van der Waals surface area contributed by atoms with Crippen molar-refractivity contribution < 1.29 is 9.18 Å². The summed E-state index contributed by atoms with van der Waals surface area (Å²) in [7, 11) is 0. The molecule has 1 heterocycles. The second-order valence-electron chi connectivity index (χ2n) is 4.98. The summed E-state index contributed by atoms with van der Waals surface area (Å²) in [6, 6.07) is 13.7. The second-order valence-corrected chi connectivity index (χ2v) is 4.98. The molecule has 2 aromatic rings. The van der Waals surface area contributed by atoms with E-state index in [1.807, 2.05) is 6.07 Å². The minimum atomic E-state index is -0.359. The van der Waals surface area contributed by atoms with E-state index in [1.54, 1.807) is 36.4 Å². The standard InChI is InChI=1S/C17H12FN3O/c18-15-9-13(16-7-8-17(22)21-20-16)5-6-14(15)12-3-1-11(10-19)2-4-12/h1-6,9H,7-8H2,(H,21,22). The maximum atomic E-state index is 14.3. The van der Waals surface area contributed by atoms with Gasteiger partial charge in [-0.1, -0.05) is 24.3 Å². The highest BCUT2D eigenvalue weighted by Gasteiger charge is 2.15. The highest BCUT2D eigenvalue weighted by atomic mass is 19.1. The van der Waals surface area contributed by atoms with E-state index in [0.717, 1.165) is 0 Å². The third-order valence-electron chi connectivity index (χ3n) is 3.53. The number of carbonyl (C=O) groups is 1. The quantitative estimate of drug-likeness (QED) is 0.925. The number of nitriles is 1. The third kappa shape index (κ3) is 2.72. The van der Waals surface area contributed by atoms with Gasteiger partial charge >= 0.3 is 0 Å². The number of benzene rings is 2. The van der Waals surface area contributed by atoms with Crippen LogP contribution in [0.4, 0.5) is 4.39 Å². The molecule has 0 aromatic heterocycles. The molecule has 1 N–H and O–H groups in total. The SMILES string of the molecule is N#Cc1ccc(-c2ccc(C3=NNC(=O)CC3)cc2F)cc1. The van der Waals surface area contributed by atoms with Crippen molar-refractivity contribution in [2.45, 2.75) is 12.8 Å². The van der Waals surface area contributed by atoms with E-state index >= 15 is 0 Å². The summed E-state index contributed by atoms with van der Waals surface area (Å²) in [5.41, 5.74) is 5.45. The van der Waals surface area contributed by atoms with Gasteiger partial charge in [-0.05, 0) is 23.8 Å². The zero-order valence-corrected chi connectivity index (χ0v) is 11.6. The number of halogens is 1. The van der Waals surface area contributed by atoms with Crippen molar-refractivity contribution in [3.05, 3.63) is 59.4 Å². The van der Waals surface area contributed by atoms with Crippen molar-refractivity contribution in [3.63, 3.8) is 0 Å². The Labute approximate surface area is 126 Å². The van der Waals surface area contributed by atoms with Gasteiger partial charge in [0.2, 0.25) is 5.91 Å². The average molecular weight is 293 g/mol. The molecule has 1 amide bonds. The van der Waals surface area contributed by atoms with Crippen molar-refractivity contribution in [1.29, 1.82) is 5.26 Å². The highest BCUT2D eigenvalue weighted by molar-refractivity contribution is 6.04. The predicted molar refractivity (Wildman–Crippen MR) is 80.5 cm³/mol. The van der Waals surface area contributed by atoms with Crippen LogP contribution in [-0.4, -0.2) is 11.6 Å². The molecule has 1 aliphatic rings. The van der Waals surface area contributed by atoms with Crippen molar-refractivity contribution >= 4 is 11.6 Å². The topological polar surface area (TPSA) is 65.2 Å². The van der Waals surface area contributed by atoms with Crippen LogP contribution in [0.2, 0.25) is 0 Å². The normalized spacial score (nSPS) is 14.0. The molecule has 0 aliphatic carbocycles. The van der Waals surface area contributed by atoms with Gasteiger partial charge in [0.1, 0.15) is 5.82 Å². The van der Waals surface area contributed by atoms with E-state index in [2.05, 4.69) is 10.5 Å². The van der Waals surface area contributed by atoms with E-state index in [9.17, 15) is 9.18 Å². The van der Waals surface area contributed by atoms with Crippen LogP contribution in [0.1, 0.15) is 24.0 Å². The summed E-state index contributed by atoms with van der Waals surface area (Å²) in [5, 5.41) is 12.7. The van der Waals surface area contributed by atoms with Gasteiger partial charge in [-0.2, -0.15) is 10.4 Å². The van der Waals surface area contributed by atoms with E-state index in [0.29, 0.717) is 40.8 Å². The Hall–Kier alpha value is -3.00. The number of rotatable bonds is 2. The maximum absolute atomic E-state index is 14.3. The molecule has 4 nitrogen and oxygen atoms in total. The van der Waals surface area contributed by atoms with Crippen molar-refractivity contribution in [1.82, 2.24) is 5.43 Å². The van der Waals surface area contributed by atoms with Crippen LogP contribution in [0.25, 0.3) is 11.1 Å². The Balaban J connectivity index is 1.92. The van der Waals surface area contributed by atoms with Crippen molar-refractivity contribution in [3.8, 4) is 17.2 Å². The number of hydrogen-bond acceptors (Lipinski definition) is 3. The number of carbonyl (C=O) groups excluding carboxylic acids is 1. The van der Waals surface area contributed by atoms with Crippen LogP contribution in [0, 0.1) is 17.1 Å². The molecule has 0 unspecified atom stereocenters. The lowest BCUT2D eigenvalue weighted by Gasteiger charge is -2.13. The van der Waals surface area contributed by atoms with Gasteiger partial charge in [-0.3, -0.25) is 4.79 Å². The molecule has 0 atom stereocenters. The van der Waals surface area contributed by atoms with Crippen LogP contribution >= 0.6 is 0 Å². The van der Waals surface area contributed by atoms with Gasteiger partial charge in [-0.15, -0.1) is 0 Å². The minimum absolute atomic E-state index is 0.126. The first-order chi connectivity index (χ1) is 10.7. The fourth-order valence-corrected chi connectivity index (χ4v) is 2.34. The maximum Gasteiger partial charge on any atom is 0.240 e. The molecular weight excluding hydrogens is 281 g/mol. The van der Waals surface area contributed by atoms with Crippen LogP contribution in [0.15, 0.2) is 47.6 Å². The summed E-state index contributed by atoms with van der Waals surface area (Å²) in [5.74, 6) is -0.486. The monoisotopic (exact) mass is 293 g/mol. The van der Waals surface area contributed by atoms with Crippen LogP contribution < -0.4 is 5.43 Å². The summed E-state index contributed by atoms with van der Waals surface area (Å²) < 4.78 is 14.3. The van der Waals surface area contributed by atoms with Crippen LogP contribution in [0.5, 0.6) is 0 Å². The second kappa shape index (κ2) is 5.78. The smallest absolute Gasteiger partial charge is 0.240 e. The van der Waals surface area contributed by atoms with Crippen molar-refractivity contribution in [2.24, 2.45) is 5.10 Å². The number of amides is 1. The van der Waals surface area contributed by atoms with Crippen LogP contribution in [0.3, 0.4) is 0 Å². The lowest BCUT2D eigenvalue weighted by molar-refractivity contribution is -0.121. The molecule has 0 saturated carbocycles. The fourth-order valence-electron chi connectivity index (χ4n) is 2.34. The third-order valence-corrected chi connectivity index (χ3v) is 3.53. The Kier molecular flexibility index (Phi) is 3.67. The Morgan fingerprint density at radius 3 is 2.41 bits per heavy atom. The van der Waals surface area contributed by atoms with Gasteiger partial charge in [0.15, 0.2) is 0 Å².